The van der Waals surface area contributed by atoms with Gasteiger partial charge in [-0.15, -0.1) is 0 Å². The molecule has 0 aromatic heterocycles. The van der Waals surface area contributed by atoms with Crippen molar-refractivity contribution in [3.8, 4) is 0 Å². The summed E-state index contributed by atoms with van der Waals surface area (Å²) in [6, 6.07) is 35.8. The van der Waals surface area contributed by atoms with Gasteiger partial charge < -0.3 is 19.2 Å². The lowest BCUT2D eigenvalue weighted by Gasteiger charge is -2.18. The Kier molecular flexibility index (Phi) is 9.95. The Morgan fingerprint density at radius 2 is 0.806 bits per heavy atom. The molecular formula is C30H36O4Si2. The summed E-state index contributed by atoms with van der Waals surface area (Å²) in [5.41, 5.74) is 4.56. The highest BCUT2D eigenvalue weighted by atomic mass is 28.4. The van der Waals surface area contributed by atoms with Crippen molar-refractivity contribution >= 4 is 27.5 Å². The second-order valence-electron chi connectivity index (χ2n) is 9.36. The topological polar surface area (TPSA) is 80.9 Å². The van der Waals surface area contributed by atoms with Crippen LogP contribution in [0.5, 0.6) is 0 Å². The molecule has 0 saturated heterocycles. The van der Waals surface area contributed by atoms with Gasteiger partial charge in [-0.3, -0.25) is 0 Å². The van der Waals surface area contributed by atoms with Crippen LogP contribution in [0.3, 0.4) is 0 Å². The third kappa shape index (κ3) is 8.67. The van der Waals surface area contributed by atoms with Crippen molar-refractivity contribution < 1.29 is 19.2 Å². The molecular weight excluding hydrogens is 480 g/mol. The molecule has 4 rings (SSSR count). The third-order valence-corrected chi connectivity index (χ3v) is 10.6. The van der Waals surface area contributed by atoms with Gasteiger partial charge in [-0.05, 0) is 60.3 Å². The Morgan fingerprint density at radius 3 is 1.14 bits per heavy atom. The molecule has 0 aliphatic carbocycles. The molecule has 0 aliphatic rings. The summed E-state index contributed by atoms with van der Waals surface area (Å²) in [4.78, 5) is 40.9. The summed E-state index contributed by atoms with van der Waals surface area (Å²) in [6.07, 6.45) is 1.49. The maximum absolute atomic E-state index is 10.3. The number of hydrogen-bond acceptors (Lipinski definition) is 4. The zero-order valence-corrected chi connectivity index (χ0v) is 23.0. The van der Waals surface area contributed by atoms with Gasteiger partial charge in [-0.2, -0.15) is 0 Å². The molecule has 4 aromatic rings. The summed E-state index contributed by atoms with van der Waals surface area (Å²) in [6.45, 7) is 3.96. The van der Waals surface area contributed by atoms with Gasteiger partial charge in [0.1, 0.15) is 0 Å². The average Bonchev–Trinajstić information content (AvgIpc) is 2.89. The quantitative estimate of drug-likeness (QED) is 0.269. The van der Waals surface area contributed by atoms with Crippen molar-refractivity contribution in [2.45, 2.75) is 38.8 Å². The molecule has 0 bridgehead atoms. The van der Waals surface area contributed by atoms with Gasteiger partial charge in [0.05, 0.1) is 0 Å². The van der Waals surface area contributed by atoms with Crippen LogP contribution in [0.25, 0.3) is 0 Å². The fraction of sp³-hybridized carbons (Fsp3) is 0.200. The smallest absolute Gasteiger partial charge is 0.401 e. The molecule has 0 amide bonds. The Balaban J connectivity index is 0.000000202. The molecule has 188 valence electrons. The molecule has 0 fully saturated rings. The van der Waals surface area contributed by atoms with Crippen LogP contribution in [0, 0.1) is 13.8 Å². The molecule has 0 saturated carbocycles. The molecule has 0 aliphatic heterocycles. The number of benzene rings is 4. The predicted molar refractivity (Wildman–Crippen MR) is 152 cm³/mol. The maximum Gasteiger partial charge on any atom is 0.401 e. The van der Waals surface area contributed by atoms with Crippen LogP contribution in [-0.4, -0.2) is 36.3 Å². The van der Waals surface area contributed by atoms with Crippen LogP contribution in [0.2, 0.25) is 12.1 Å². The Labute approximate surface area is 216 Å². The lowest BCUT2D eigenvalue weighted by Crippen LogP contribution is -2.59. The zero-order chi connectivity index (χ0) is 26.0. The van der Waals surface area contributed by atoms with Gasteiger partial charge in [0.25, 0.3) is 0 Å². The van der Waals surface area contributed by atoms with E-state index in [2.05, 4.69) is 0 Å². The summed E-state index contributed by atoms with van der Waals surface area (Å²) >= 11 is 0. The van der Waals surface area contributed by atoms with Gasteiger partial charge >= 0.3 is 17.1 Å². The van der Waals surface area contributed by atoms with Gasteiger partial charge in [0, 0.05) is 0 Å². The van der Waals surface area contributed by atoms with E-state index in [-0.39, 0.29) is 0 Å². The molecule has 0 atom stereocenters. The normalized spacial score (nSPS) is 11.5. The Hall–Kier alpha value is -2.85. The summed E-state index contributed by atoms with van der Waals surface area (Å²) < 4.78 is 0. The highest BCUT2D eigenvalue weighted by Crippen LogP contribution is 2.16. The fourth-order valence-corrected chi connectivity index (χ4v) is 7.07. The van der Waals surface area contributed by atoms with Crippen molar-refractivity contribution in [3.63, 3.8) is 0 Å². The molecule has 36 heavy (non-hydrogen) atoms. The first-order valence-corrected chi connectivity index (χ1v) is 16.5. The first kappa shape index (κ1) is 27.7. The molecule has 4 nitrogen and oxygen atoms in total. The predicted octanol–water partition coefficient (Wildman–Crippen LogP) is 3.74. The monoisotopic (exact) mass is 516 g/mol. The maximum atomic E-state index is 10.3. The van der Waals surface area contributed by atoms with Crippen LogP contribution < -0.4 is 10.4 Å². The molecule has 0 heterocycles. The molecule has 4 N–H and O–H groups in total. The lowest BCUT2D eigenvalue weighted by atomic mass is 10.2. The van der Waals surface area contributed by atoms with Crippen LogP contribution in [0.4, 0.5) is 0 Å². The third-order valence-electron chi connectivity index (χ3n) is 6.22. The van der Waals surface area contributed by atoms with E-state index >= 15 is 0 Å². The summed E-state index contributed by atoms with van der Waals surface area (Å²) in [7, 11) is -6.57. The number of hydrogen-bond donors (Lipinski definition) is 4. The minimum Gasteiger partial charge on any atom is -0.411 e. The highest BCUT2D eigenvalue weighted by molar-refractivity contribution is 6.90. The van der Waals surface area contributed by atoms with Crippen LogP contribution >= 0.6 is 0 Å². The van der Waals surface area contributed by atoms with E-state index in [4.69, 9.17) is 0 Å². The van der Waals surface area contributed by atoms with Crippen molar-refractivity contribution in [1.29, 1.82) is 0 Å². The minimum absolute atomic E-state index is 0.504. The molecule has 4 aromatic carbocycles. The average molecular weight is 517 g/mol. The van der Waals surface area contributed by atoms with Crippen molar-refractivity contribution in [1.82, 2.24) is 0 Å². The lowest BCUT2D eigenvalue weighted by molar-refractivity contribution is 0.357. The van der Waals surface area contributed by atoms with E-state index < -0.39 is 17.1 Å². The van der Waals surface area contributed by atoms with E-state index in [1.807, 2.05) is 98.8 Å². The first-order chi connectivity index (χ1) is 17.2. The second-order valence-corrected chi connectivity index (χ2v) is 14.8. The van der Waals surface area contributed by atoms with Gasteiger partial charge in [0.2, 0.25) is 0 Å². The Bertz CT molecular complexity index is 1080. The van der Waals surface area contributed by atoms with Crippen LogP contribution in [0.15, 0.2) is 109 Å². The standard InChI is InChI=1S/C16H20O2Si.C14H16O2Si/c17-19(18,13-11-15-7-3-1-4-8-15)14-12-16-9-5-2-6-10-16;1-11-3-7-13(8-4-11)17(15,16)14-9-5-12(2)6-10-14/h1-10,17-18H,11-14H2;3-10,15-16H,1-2H3. The minimum atomic E-state index is -3.50. The van der Waals surface area contributed by atoms with Gasteiger partial charge in [-0.1, -0.05) is 120 Å². The molecule has 0 radical (unpaired) electrons. The number of aryl methyl sites for hydroxylation is 4. The van der Waals surface area contributed by atoms with Crippen LogP contribution in [0.1, 0.15) is 22.3 Å². The van der Waals surface area contributed by atoms with Gasteiger partial charge in [0.15, 0.2) is 0 Å². The highest BCUT2D eigenvalue weighted by Gasteiger charge is 2.34. The van der Waals surface area contributed by atoms with Crippen molar-refractivity contribution in [3.05, 3.63) is 131 Å². The van der Waals surface area contributed by atoms with Gasteiger partial charge in [-0.25, -0.2) is 0 Å². The van der Waals surface area contributed by atoms with E-state index in [0.717, 1.165) is 24.0 Å². The van der Waals surface area contributed by atoms with E-state index in [1.165, 1.54) is 11.1 Å². The SMILES string of the molecule is Cc1ccc([Si](O)(O)c2ccc(C)cc2)cc1.O[Si](O)(CCc1ccccc1)CCc1ccccc1. The van der Waals surface area contributed by atoms with Crippen molar-refractivity contribution in [2.24, 2.45) is 0 Å². The van der Waals surface area contributed by atoms with Crippen molar-refractivity contribution in [2.75, 3.05) is 0 Å². The van der Waals surface area contributed by atoms with Crippen LogP contribution in [-0.2, 0) is 12.8 Å². The Morgan fingerprint density at radius 1 is 0.472 bits per heavy atom. The molecule has 6 heteroatoms. The second kappa shape index (κ2) is 12.9. The summed E-state index contributed by atoms with van der Waals surface area (Å²) in [5.74, 6) is 0. The van der Waals surface area contributed by atoms with E-state index in [1.54, 1.807) is 24.3 Å². The molecule has 0 spiro atoms. The molecule has 0 unspecified atom stereocenters. The first-order valence-electron chi connectivity index (χ1n) is 12.3. The summed E-state index contributed by atoms with van der Waals surface area (Å²) in [5, 5.41) is 1.24. The zero-order valence-electron chi connectivity index (χ0n) is 21.0. The number of rotatable bonds is 8. The fourth-order valence-electron chi connectivity index (χ4n) is 3.84. The van der Waals surface area contributed by atoms with E-state index in [9.17, 15) is 19.2 Å². The van der Waals surface area contributed by atoms with E-state index in [0.29, 0.717) is 22.5 Å². The largest absolute Gasteiger partial charge is 0.411 e.